The van der Waals surface area contributed by atoms with Crippen molar-refractivity contribution in [2.24, 2.45) is 0 Å². The first kappa shape index (κ1) is 14.9. The molecule has 0 aliphatic carbocycles. The molecule has 0 fully saturated rings. The Hall–Kier alpha value is -1.46. The van der Waals surface area contributed by atoms with E-state index in [-0.39, 0.29) is 5.91 Å². The maximum absolute atomic E-state index is 11.7. The molecule has 0 aliphatic rings. The number of carbonyl (C=O) groups excluding carboxylic acids is 1. The number of carbonyl (C=O) groups is 1. The summed E-state index contributed by atoms with van der Waals surface area (Å²) in [6.07, 6.45) is 0.896. The van der Waals surface area contributed by atoms with Gasteiger partial charge < -0.3 is 10.1 Å². The molecule has 2 rings (SSSR count). The molecule has 0 unspecified atom stereocenters. The third-order valence-corrected chi connectivity index (χ3v) is 4.61. The summed E-state index contributed by atoms with van der Waals surface area (Å²) in [5.74, 6) is 1.31. The van der Waals surface area contributed by atoms with Gasteiger partial charge in [-0.15, -0.1) is 23.1 Å². The standard InChI is InChI=1S/C15H17NO2S2/c1-18-12-4-2-5-14(10-12)20-11-15(17)16-8-7-13-6-3-9-19-13/h2-6,9-10H,7-8,11H2,1H3,(H,16,17). The van der Waals surface area contributed by atoms with Gasteiger partial charge in [-0.25, -0.2) is 0 Å². The molecule has 0 saturated heterocycles. The number of benzene rings is 1. The lowest BCUT2D eigenvalue weighted by Gasteiger charge is -2.05. The molecule has 0 atom stereocenters. The number of hydrogen-bond acceptors (Lipinski definition) is 4. The van der Waals surface area contributed by atoms with Crippen LogP contribution >= 0.6 is 23.1 Å². The van der Waals surface area contributed by atoms with E-state index in [2.05, 4.69) is 16.8 Å². The summed E-state index contributed by atoms with van der Waals surface area (Å²) in [5.41, 5.74) is 0. The summed E-state index contributed by atoms with van der Waals surface area (Å²) in [5, 5.41) is 4.99. The predicted octanol–water partition coefficient (Wildman–Crippen LogP) is 3.21. The number of rotatable bonds is 7. The van der Waals surface area contributed by atoms with E-state index < -0.39 is 0 Å². The molecule has 106 valence electrons. The van der Waals surface area contributed by atoms with Gasteiger partial charge in [0.05, 0.1) is 12.9 Å². The Bertz CT molecular complexity index is 541. The van der Waals surface area contributed by atoms with Crippen LogP contribution in [0, 0.1) is 0 Å². The fraction of sp³-hybridized carbons (Fsp3) is 0.267. The number of ether oxygens (including phenoxy) is 1. The molecule has 1 heterocycles. The molecule has 5 heteroatoms. The number of amides is 1. The summed E-state index contributed by atoms with van der Waals surface area (Å²) in [7, 11) is 1.64. The van der Waals surface area contributed by atoms with Gasteiger partial charge in [-0.05, 0) is 36.1 Å². The quantitative estimate of drug-likeness (QED) is 0.798. The van der Waals surface area contributed by atoms with Crippen LogP contribution in [0.1, 0.15) is 4.88 Å². The molecule has 0 saturated carbocycles. The van der Waals surface area contributed by atoms with Crippen molar-refractivity contribution in [3.8, 4) is 5.75 Å². The molecule has 0 spiro atoms. The first-order chi connectivity index (χ1) is 9.78. The Morgan fingerprint density at radius 3 is 3.00 bits per heavy atom. The van der Waals surface area contributed by atoms with Crippen LogP contribution in [0.5, 0.6) is 5.75 Å². The number of methoxy groups -OCH3 is 1. The van der Waals surface area contributed by atoms with Crippen molar-refractivity contribution in [3.05, 3.63) is 46.7 Å². The number of nitrogens with one attached hydrogen (secondary N) is 1. The Morgan fingerprint density at radius 2 is 2.25 bits per heavy atom. The Labute approximate surface area is 127 Å². The van der Waals surface area contributed by atoms with Crippen LogP contribution in [-0.2, 0) is 11.2 Å². The topological polar surface area (TPSA) is 38.3 Å². The van der Waals surface area contributed by atoms with Crippen molar-refractivity contribution >= 4 is 29.0 Å². The maximum atomic E-state index is 11.7. The van der Waals surface area contributed by atoms with E-state index in [0.29, 0.717) is 12.3 Å². The average molecular weight is 307 g/mol. The van der Waals surface area contributed by atoms with Gasteiger partial charge in [0, 0.05) is 16.3 Å². The highest BCUT2D eigenvalue weighted by Gasteiger charge is 2.03. The number of hydrogen-bond donors (Lipinski definition) is 1. The maximum Gasteiger partial charge on any atom is 0.230 e. The van der Waals surface area contributed by atoms with Crippen LogP contribution in [0.25, 0.3) is 0 Å². The highest BCUT2D eigenvalue weighted by Crippen LogP contribution is 2.22. The van der Waals surface area contributed by atoms with Crippen LogP contribution in [0.3, 0.4) is 0 Å². The molecular weight excluding hydrogens is 290 g/mol. The Morgan fingerprint density at radius 1 is 1.35 bits per heavy atom. The van der Waals surface area contributed by atoms with Crippen LogP contribution in [0.2, 0.25) is 0 Å². The first-order valence-corrected chi connectivity index (χ1v) is 8.20. The van der Waals surface area contributed by atoms with Crippen molar-refractivity contribution in [2.75, 3.05) is 19.4 Å². The second-order valence-corrected chi connectivity index (χ2v) is 6.23. The van der Waals surface area contributed by atoms with E-state index >= 15 is 0 Å². The summed E-state index contributed by atoms with van der Waals surface area (Å²) in [6, 6.07) is 11.8. The molecule has 0 radical (unpaired) electrons. The van der Waals surface area contributed by atoms with E-state index in [0.717, 1.165) is 17.1 Å². The lowest BCUT2D eigenvalue weighted by atomic mass is 10.3. The summed E-state index contributed by atoms with van der Waals surface area (Å²) in [4.78, 5) is 14.1. The minimum Gasteiger partial charge on any atom is -0.497 e. The fourth-order valence-corrected chi connectivity index (χ4v) is 3.15. The monoisotopic (exact) mass is 307 g/mol. The third-order valence-electron chi connectivity index (χ3n) is 2.68. The molecule has 1 amide bonds. The lowest BCUT2D eigenvalue weighted by Crippen LogP contribution is -2.27. The third kappa shape index (κ3) is 4.90. The highest BCUT2D eigenvalue weighted by atomic mass is 32.2. The SMILES string of the molecule is COc1cccc(SCC(=O)NCCc2cccs2)c1. The molecule has 2 aromatic rings. The Kier molecular flexibility index (Phi) is 5.95. The van der Waals surface area contributed by atoms with E-state index in [1.807, 2.05) is 30.3 Å². The Balaban J connectivity index is 1.69. The van der Waals surface area contributed by atoms with Gasteiger partial charge in [0.2, 0.25) is 5.91 Å². The largest absolute Gasteiger partial charge is 0.497 e. The van der Waals surface area contributed by atoms with Crippen molar-refractivity contribution in [3.63, 3.8) is 0 Å². The minimum atomic E-state index is 0.0642. The van der Waals surface area contributed by atoms with Crippen LogP contribution < -0.4 is 10.1 Å². The van der Waals surface area contributed by atoms with E-state index in [4.69, 9.17) is 4.74 Å². The molecular formula is C15H17NO2S2. The van der Waals surface area contributed by atoms with Crippen molar-refractivity contribution in [2.45, 2.75) is 11.3 Å². The van der Waals surface area contributed by atoms with Gasteiger partial charge >= 0.3 is 0 Å². The summed E-state index contributed by atoms with van der Waals surface area (Å²) in [6.45, 7) is 0.692. The molecule has 1 N–H and O–H groups in total. The normalized spacial score (nSPS) is 10.2. The predicted molar refractivity (Wildman–Crippen MR) is 84.8 cm³/mol. The van der Waals surface area contributed by atoms with Gasteiger partial charge in [-0.1, -0.05) is 12.1 Å². The van der Waals surface area contributed by atoms with Crippen molar-refractivity contribution in [1.82, 2.24) is 5.32 Å². The van der Waals surface area contributed by atoms with Crippen LogP contribution in [0.4, 0.5) is 0 Å². The number of thioether (sulfide) groups is 1. The second-order valence-electron chi connectivity index (χ2n) is 4.15. The number of thiophene rings is 1. The second kappa shape index (κ2) is 7.97. The van der Waals surface area contributed by atoms with Crippen LogP contribution in [0.15, 0.2) is 46.7 Å². The van der Waals surface area contributed by atoms with Crippen LogP contribution in [-0.4, -0.2) is 25.3 Å². The van der Waals surface area contributed by atoms with Gasteiger partial charge in [0.25, 0.3) is 0 Å². The molecule has 0 bridgehead atoms. The van der Waals surface area contributed by atoms with E-state index in [1.165, 1.54) is 16.6 Å². The van der Waals surface area contributed by atoms with Gasteiger partial charge in [-0.2, -0.15) is 0 Å². The highest BCUT2D eigenvalue weighted by molar-refractivity contribution is 8.00. The van der Waals surface area contributed by atoms with Gasteiger partial charge in [-0.3, -0.25) is 4.79 Å². The molecule has 1 aromatic heterocycles. The molecule has 3 nitrogen and oxygen atoms in total. The van der Waals surface area contributed by atoms with Crippen molar-refractivity contribution in [1.29, 1.82) is 0 Å². The summed E-state index contributed by atoms with van der Waals surface area (Å²) < 4.78 is 5.16. The average Bonchev–Trinajstić information content (AvgIpc) is 2.98. The molecule has 20 heavy (non-hydrogen) atoms. The minimum absolute atomic E-state index is 0.0642. The summed E-state index contributed by atoms with van der Waals surface area (Å²) >= 11 is 3.24. The van der Waals surface area contributed by atoms with Gasteiger partial charge in [0.1, 0.15) is 5.75 Å². The first-order valence-electron chi connectivity index (χ1n) is 6.34. The lowest BCUT2D eigenvalue weighted by molar-refractivity contribution is -0.118. The smallest absolute Gasteiger partial charge is 0.230 e. The van der Waals surface area contributed by atoms with E-state index in [9.17, 15) is 4.79 Å². The zero-order valence-corrected chi connectivity index (χ0v) is 12.9. The van der Waals surface area contributed by atoms with Gasteiger partial charge in [0.15, 0.2) is 0 Å². The molecule has 0 aliphatic heterocycles. The zero-order valence-electron chi connectivity index (χ0n) is 11.3. The zero-order chi connectivity index (χ0) is 14.2. The molecule has 1 aromatic carbocycles. The van der Waals surface area contributed by atoms with Crippen molar-refractivity contribution < 1.29 is 9.53 Å². The van der Waals surface area contributed by atoms with E-state index in [1.54, 1.807) is 18.4 Å². The fourth-order valence-electron chi connectivity index (χ4n) is 1.67.